The second-order valence-electron chi connectivity index (χ2n) is 6.94. The molecule has 3 rings (SSSR count). The van der Waals surface area contributed by atoms with Gasteiger partial charge in [0.05, 0.1) is 11.5 Å². The molecule has 1 unspecified atom stereocenters. The third-order valence-corrected chi connectivity index (χ3v) is 6.89. The summed E-state index contributed by atoms with van der Waals surface area (Å²) in [7, 11) is -2.90. The molecule has 2 heterocycles. The Morgan fingerprint density at radius 2 is 1.92 bits per heavy atom. The minimum absolute atomic E-state index is 0.0284. The quantitative estimate of drug-likeness (QED) is 0.821. The topological polar surface area (TPSA) is 75.2 Å². The molecular weight excluding hydrogens is 324 g/mol. The van der Waals surface area contributed by atoms with Gasteiger partial charge in [0.2, 0.25) is 0 Å². The summed E-state index contributed by atoms with van der Waals surface area (Å²) in [4.78, 5) is 10.9. The van der Waals surface area contributed by atoms with Gasteiger partial charge in [0.1, 0.15) is 18.0 Å². The van der Waals surface area contributed by atoms with Crippen LogP contribution in [0.4, 0.5) is 11.6 Å². The zero-order chi connectivity index (χ0) is 17.0. The highest BCUT2D eigenvalue weighted by atomic mass is 32.2. The number of nitrogens with one attached hydrogen (secondary N) is 1. The van der Waals surface area contributed by atoms with E-state index in [9.17, 15) is 8.42 Å². The Bertz CT molecular complexity index is 642. The molecule has 1 atom stereocenters. The first kappa shape index (κ1) is 17.5. The zero-order valence-electron chi connectivity index (χ0n) is 14.4. The van der Waals surface area contributed by atoms with Crippen molar-refractivity contribution in [1.29, 1.82) is 0 Å². The molecule has 1 saturated heterocycles. The predicted molar refractivity (Wildman–Crippen MR) is 97.2 cm³/mol. The Morgan fingerprint density at radius 3 is 2.54 bits per heavy atom. The minimum Gasteiger partial charge on any atom is -0.367 e. The molecule has 7 heteroatoms. The third-order valence-electron chi connectivity index (χ3n) is 5.14. The Morgan fingerprint density at radius 1 is 1.17 bits per heavy atom. The Balaban J connectivity index is 1.71. The van der Waals surface area contributed by atoms with Crippen molar-refractivity contribution in [3.05, 3.63) is 12.4 Å². The molecule has 0 spiro atoms. The highest BCUT2D eigenvalue weighted by Crippen LogP contribution is 2.25. The van der Waals surface area contributed by atoms with Crippen molar-refractivity contribution in [2.24, 2.45) is 0 Å². The van der Waals surface area contributed by atoms with Gasteiger partial charge in [0, 0.05) is 24.7 Å². The number of anilines is 2. The van der Waals surface area contributed by atoms with Gasteiger partial charge in [-0.1, -0.05) is 25.7 Å². The monoisotopic (exact) mass is 352 g/mol. The third kappa shape index (κ3) is 4.37. The van der Waals surface area contributed by atoms with Gasteiger partial charge in [0.25, 0.3) is 0 Å². The van der Waals surface area contributed by atoms with Gasteiger partial charge in [-0.3, -0.25) is 0 Å². The van der Waals surface area contributed by atoms with Crippen molar-refractivity contribution in [3.63, 3.8) is 0 Å². The summed E-state index contributed by atoms with van der Waals surface area (Å²) in [5, 5.41) is 3.55. The van der Waals surface area contributed by atoms with Crippen LogP contribution < -0.4 is 10.2 Å². The maximum Gasteiger partial charge on any atom is 0.152 e. The zero-order valence-corrected chi connectivity index (χ0v) is 15.3. The lowest BCUT2D eigenvalue weighted by Crippen LogP contribution is -2.36. The lowest BCUT2D eigenvalue weighted by Gasteiger charge is -2.28. The molecule has 134 valence electrons. The largest absolute Gasteiger partial charge is 0.367 e. The van der Waals surface area contributed by atoms with Gasteiger partial charge in [-0.25, -0.2) is 18.4 Å². The van der Waals surface area contributed by atoms with Gasteiger partial charge in [0.15, 0.2) is 9.84 Å². The maximum atomic E-state index is 11.8. The molecule has 1 aromatic rings. The van der Waals surface area contributed by atoms with Crippen LogP contribution in [-0.2, 0) is 9.84 Å². The van der Waals surface area contributed by atoms with Crippen molar-refractivity contribution in [3.8, 4) is 0 Å². The molecule has 0 bridgehead atoms. The summed E-state index contributed by atoms with van der Waals surface area (Å²) in [6.07, 6.45) is 9.86. The average molecular weight is 353 g/mol. The molecule has 1 aromatic heterocycles. The molecule has 24 heavy (non-hydrogen) atoms. The van der Waals surface area contributed by atoms with Gasteiger partial charge >= 0.3 is 0 Å². The first-order valence-corrected chi connectivity index (χ1v) is 10.9. The first-order valence-electron chi connectivity index (χ1n) is 9.13. The van der Waals surface area contributed by atoms with Gasteiger partial charge in [-0.05, 0) is 26.2 Å². The normalized spacial score (nSPS) is 24.5. The molecular formula is C17H28N4O2S. The smallest absolute Gasteiger partial charge is 0.152 e. The van der Waals surface area contributed by atoms with E-state index < -0.39 is 9.84 Å². The summed E-state index contributed by atoms with van der Waals surface area (Å²) >= 11 is 0. The van der Waals surface area contributed by atoms with Gasteiger partial charge in [-0.15, -0.1) is 0 Å². The lowest BCUT2D eigenvalue weighted by atomic mass is 10.1. The average Bonchev–Trinajstić information content (AvgIpc) is 2.75. The van der Waals surface area contributed by atoms with E-state index in [1.54, 1.807) is 6.33 Å². The van der Waals surface area contributed by atoms with Crippen LogP contribution in [0.15, 0.2) is 12.4 Å². The molecule has 0 aromatic carbocycles. The van der Waals surface area contributed by atoms with Crippen LogP contribution in [-0.4, -0.2) is 48.5 Å². The van der Waals surface area contributed by atoms with E-state index in [2.05, 4.69) is 20.2 Å². The predicted octanol–water partition coefficient (Wildman–Crippen LogP) is 2.62. The summed E-state index contributed by atoms with van der Waals surface area (Å²) in [5.74, 6) is 2.19. The van der Waals surface area contributed by atoms with Crippen molar-refractivity contribution >= 4 is 21.5 Å². The fraction of sp³-hybridized carbons (Fsp3) is 0.765. The van der Waals surface area contributed by atoms with E-state index in [1.165, 1.54) is 38.5 Å². The van der Waals surface area contributed by atoms with Crippen molar-refractivity contribution in [2.75, 3.05) is 28.3 Å². The number of hydrogen-bond donors (Lipinski definition) is 1. The molecule has 1 aliphatic heterocycles. The summed E-state index contributed by atoms with van der Waals surface area (Å²) in [5.41, 5.74) is 0. The Hall–Kier alpha value is -1.37. The number of nitrogens with zero attached hydrogens (tertiary/aromatic N) is 3. The number of rotatable bonds is 5. The van der Waals surface area contributed by atoms with Crippen LogP contribution in [0, 0.1) is 0 Å². The molecule has 6 nitrogen and oxygen atoms in total. The van der Waals surface area contributed by atoms with E-state index in [-0.39, 0.29) is 17.5 Å². The van der Waals surface area contributed by atoms with Crippen LogP contribution in [0.2, 0.25) is 0 Å². The molecule has 0 radical (unpaired) electrons. The van der Waals surface area contributed by atoms with Crippen LogP contribution in [0.25, 0.3) is 0 Å². The lowest BCUT2D eigenvalue weighted by molar-refractivity contribution is 0.599. The SMILES string of the molecule is CCN(c1cc(NC2CCCCCC2)ncn1)C1CCS(=O)(=O)C1. The minimum atomic E-state index is -2.90. The van der Waals surface area contributed by atoms with Gasteiger partial charge < -0.3 is 10.2 Å². The second kappa shape index (κ2) is 7.68. The second-order valence-corrected chi connectivity index (χ2v) is 9.17. The van der Waals surface area contributed by atoms with Crippen molar-refractivity contribution in [1.82, 2.24) is 9.97 Å². The maximum absolute atomic E-state index is 11.8. The molecule has 1 aliphatic carbocycles. The number of aromatic nitrogens is 2. The Labute approximate surface area is 145 Å². The van der Waals surface area contributed by atoms with Crippen LogP contribution in [0.5, 0.6) is 0 Å². The van der Waals surface area contributed by atoms with E-state index >= 15 is 0 Å². The summed E-state index contributed by atoms with van der Waals surface area (Å²) in [6.45, 7) is 2.80. The highest BCUT2D eigenvalue weighted by molar-refractivity contribution is 7.91. The van der Waals surface area contributed by atoms with Crippen LogP contribution in [0.3, 0.4) is 0 Å². The standard InChI is InChI=1S/C17H28N4O2S/c1-2-21(15-9-10-24(22,23)12-15)17-11-16(18-13-19-17)20-14-7-5-3-4-6-8-14/h11,13-15H,2-10,12H2,1H3,(H,18,19,20). The summed E-state index contributed by atoms with van der Waals surface area (Å²) in [6, 6.07) is 2.48. The highest BCUT2D eigenvalue weighted by Gasteiger charge is 2.32. The van der Waals surface area contributed by atoms with Crippen molar-refractivity contribution < 1.29 is 8.42 Å². The van der Waals surface area contributed by atoms with Gasteiger partial charge in [-0.2, -0.15) is 0 Å². The van der Waals surface area contributed by atoms with E-state index in [1.807, 2.05) is 13.0 Å². The van der Waals surface area contributed by atoms with E-state index in [0.29, 0.717) is 12.5 Å². The van der Waals surface area contributed by atoms with E-state index in [4.69, 9.17) is 0 Å². The molecule has 0 amide bonds. The fourth-order valence-electron chi connectivity index (χ4n) is 3.84. The molecule has 1 N–H and O–H groups in total. The van der Waals surface area contributed by atoms with Crippen LogP contribution in [0.1, 0.15) is 51.9 Å². The molecule has 2 fully saturated rings. The number of hydrogen-bond acceptors (Lipinski definition) is 6. The Kier molecular flexibility index (Phi) is 5.58. The summed E-state index contributed by atoms with van der Waals surface area (Å²) < 4.78 is 23.6. The molecule has 2 aliphatic rings. The van der Waals surface area contributed by atoms with Crippen LogP contribution >= 0.6 is 0 Å². The first-order chi connectivity index (χ1) is 11.6. The molecule has 1 saturated carbocycles. The van der Waals surface area contributed by atoms with Crippen molar-refractivity contribution in [2.45, 2.75) is 64.0 Å². The number of sulfone groups is 1. The van der Waals surface area contributed by atoms with E-state index in [0.717, 1.165) is 18.2 Å². The fourth-order valence-corrected chi connectivity index (χ4v) is 5.58.